The van der Waals surface area contributed by atoms with Crippen LogP contribution >= 0.6 is 12.2 Å². The highest BCUT2D eigenvalue weighted by Crippen LogP contribution is 2.28. The number of nitrogens with one attached hydrogen (secondary N) is 2. The highest BCUT2D eigenvalue weighted by atomic mass is 32.1. The molecule has 1 saturated heterocycles. The van der Waals surface area contributed by atoms with Crippen LogP contribution in [0.25, 0.3) is 10.8 Å². The first-order chi connectivity index (χ1) is 17.5. The summed E-state index contributed by atoms with van der Waals surface area (Å²) in [7, 11) is 0. The lowest BCUT2D eigenvalue weighted by atomic mass is 9.97. The Bertz CT molecular complexity index is 1190. The van der Waals surface area contributed by atoms with Crippen LogP contribution in [0.1, 0.15) is 27.7 Å². The van der Waals surface area contributed by atoms with Crippen molar-refractivity contribution >= 4 is 57.7 Å². The maximum atomic E-state index is 11.9. The van der Waals surface area contributed by atoms with E-state index < -0.39 is 54.5 Å². The molecule has 1 aliphatic rings. The molecule has 2 aromatic rings. The van der Waals surface area contributed by atoms with Crippen LogP contribution < -0.4 is 10.6 Å². The predicted molar refractivity (Wildman–Crippen MR) is 135 cm³/mol. The average molecular weight is 533 g/mol. The number of fused-ring (bicyclic) bond motifs is 1. The van der Waals surface area contributed by atoms with Crippen LogP contribution in [0.2, 0.25) is 0 Å². The average Bonchev–Trinajstić information content (AvgIpc) is 2.80. The van der Waals surface area contributed by atoms with Crippen LogP contribution in [0, 0.1) is 0 Å². The Hall–Kier alpha value is -3.77. The number of carbonyl (C=O) groups excluding carboxylic acids is 4. The molecule has 1 aliphatic heterocycles. The summed E-state index contributed by atoms with van der Waals surface area (Å²) in [6.45, 7) is 4.34. The summed E-state index contributed by atoms with van der Waals surface area (Å²) in [6.07, 6.45) is -6.05. The molecule has 0 saturated carbocycles. The van der Waals surface area contributed by atoms with Gasteiger partial charge in [-0.2, -0.15) is 0 Å². The van der Waals surface area contributed by atoms with Crippen molar-refractivity contribution in [2.24, 2.45) is 0 Å². The second kappa shape index (κ2) is 12.5. The zero-order valence-electron chi connectivity index (χ0n) is 20.7. The van der Waals surface area contributed by atoms with Crippen LogP contribution in [0.4, 0.5) is 5.69 Å². The summed E-state index contributed by atoms with van der Waals surface area (Å²) >= 11 is 5.46. The van der Waals surface area contributed by atoms with E-state index in [9.17, 15) is 19.2 Å². The van der Waals surface area contributed by atoms with E-state index >= 15 is 0 Å². The van der Waals surface area contributed by atoms with Crippen LogP contribution in [0.5, 0.6) is 0 Å². The minimum Gasteiger partial charge on any atom is -0.463 e. The standard InChI is InChI=1S/C25H28N2O9S/c1-13(28)32-12-20-21(33-14(2)29)22(34-15(3)30)23(35-16(4)31)24(36-20)27-25(37)26-19-10-9-17-7-5-6-8-18(17)11-19/h5-11,20-24H,12H2,1-4H3,(H2,26,27,37). The summed E-state index contributed by atoms with van der Waals surface area (Å²) in [6, 6.07) is 13.4. The van der Waals surface area contributed by atoms with Gasteiger partial charge in [-0.3, -0.25) is 19.2 Å². The maximum Gasteiger partial charge on any atom is 0.303 e. The van der Waals surface area contributed by atoms with Crippen molar-refractivity contribution in [3.63, 3.8) is 0 Å². The van der Waals surface area contributed by atoms with Gasteiger partial charge in [-0.25, -0.2) is 0 Å². The van der Waals surface area contributed by atoms with Gasteiger partial charge in [0.2, 0.25) is 0 Å². The van der Waals surface area contributed by atoms with E-state index in [1.54, 1.807) is 0 Å². The highest BCUT2D eigenvalue weighted by molar-refractivity contribution is 7.80. The first kappa shape index (κ1) is 27.8. The Morgan fingerprint density at radius 2 is 1.41 bits per heavy atom. The molecule has 1 fully saturated rings. The number of benzene rings is 2. The number of ether oxygens (including phenoxy) is 5. The van der Waals surface area contributed by atoms with Gasteiger partial charge in [0.15, 0.2) is 29.7 Å². The molecule has 2 aromatic carbocycles. The van der Waals surface area contributed by atoms with E-state index in [2.05, 4.69) is 10.6 Å². The lowest BCUT2D eigenvalue weighted by molar-refractivity contribution is -0.254. The monoisotopic (exact) mass is 532 g/mol. The third kappa shape index (κ3) is 7.86. The van der Waals surface area contributed by atoms with Crippen molar-refractivity contribution in [3.8, 4) is 0 Å². The first-order valence-electron chi connectivity index (χ1n) is 11.4. The largest absolute Gasteiger partial charge is 0.463 e. The number of thiocarbonyl (C=S) groups is 1. The van der Waals surface area contributed by atoms with Gasteiger partial charge < -0.3 is 34.3 Å². The third-order valence-corrected chi connectivity index (χ3v) is 5.49. The van der Waals surface area contributed by atoms with Crippen LogP contribution in [0.15, 0.2) is 42.5 Å². The zero-order chi connectivity index (χ0) is 27.1. The summed E-state index contributed by atoms with van der Waals surface area (Å²) in [5, 5.41) is 8.10. The molecule has 12 heteroatoms. The van der Waals surface area contributed by atoms with E-state index in [1.165, 1.54) is 13.8 Å². The van der Waals surface area contributed by atoms with Crippen molar-refractivity contribution < 1.29 is 42.9 Å². The van der Waals surface area contributed by atoms with Gasteiger partial charge in [0.1, 0.15) is 12.7 Å². The maximum absolute atomic E-state index is 11.9. The molecule has 0 aliphatic carbocycles. The summed E-state index contributed by atoms with van der Waals surface area (Å²) < 4.78 is 27.3. The first-order valence-corrected chi connectivity index (χ1v) is 11.8. The van der Waals surface area contributed by atoms with Gasteiger partial charge in [0, 0.05) is 33.4 Å². The van der Waals surface area contributed by atoms with Crippen molar-refractivity contribution in [1.82, 2.24) is 5.32 Å². The number of esters is 4. The Balaban J connectivity index is 1.88. The SMILES string of the molecule is CC(=O)OCC1OC(NC(=S)Nc2ccc3ccccc3c2)C(OC(C)=O)C(OC(C)=O)C1OC(C)=O. The number of hydrogen-bond acceptors (Lipinski definition) is 10. The topological polar surface area (TPSA) is 138 Å². The fraction of sp³-hybridized carbons (Fsp3) is 0.400. The quantitative estimate of drug-likeness (QED) is 0.307. The smallest absolute Gasteiger partial charge is 0.303 e. The molecule has 3 rings (SSSR count). The molecule has 0 amide bonds. The Kier molecular flexibility index (Phi) is 9.36. The van der Waals surface area contributed by atoms with Crippen molar-refractivity contribution in [2.45, 2.75) is 58.3 Å². The van der Waals surface area contributed by atoms with Crippen molar-refractivity contribution in [2.75, 3.05) is 11.9 Å². The molecule has 5 unspecified atom stereocenters. The lowest BCUT2D eigenvalue weighted by Gasteiger charge is -2.44. The number of hydrogen-bond donors (Lipinski definition) is 2. The van der Waals surface area contributed by atoms with Gasteiger partial charge in [-0.15, -0.1) is 0 Å². The molecule has 2 N–H and O–H groups in total. The van der Waals surface area contributed by atoms with Crippen LogP contribution in [0.3, 0.4) is 0 Å². The zero-order valence-corrected chi connectivity index (χ0v) is 21.5. The number of anilines is 1. The molecule has 11 nitrogen and oxygen atoms in total. The molecule has 0 spiro atoms. The molecule has 198 valence electrons. The minimum absolute atomic E-state index is 0.108. The Labute approximate surface area is 218 Å². The highest BCUT2D eigenvalue weighted by Gasteiger charge is 2.52. The molecule has 0 aromatic heterocycles. The molecular weight excluding hydrogens is 504 g/mol. The van der Waals surface area contributed by atoms with Crippen molar-refractivity contribution in [3.05, 3.63) is 42.5 Å². The van der Waals surface area contributed by atoms with E-state index in [-0.39, 0.29) is 11.7 Å². The third-order valence-electron chi connectivity index (χ3n) is 5.27. The number of rotatable bonds is 7. The van der Waals surface area contributed by atoms with Crippen LogP contribution in [-0.4, -0.2) is 66.2 Å². The normalized spacial score (nSPS) is 22.9. The minimum atomic E-state index is -1.29. The fourth-order valence-corrected chi connectivity index (χ4v) is 4.14. The lowest BCUT2D eigenvalue weighted by Crippen LogP contribution is -2.66. The van der Waals surface area contributed by atoms with Gasteiger partial charge in [-0.05, 0) is 35.1 Å². The molecule has 0 radical (unpaired) electrons. The predicted octanol–water partition coefficient (Wildman–Crippen LogP) is 2.21. The van der Waals surface area contributed by atoms with Crippen LogP contribution in [-0.2, 0) is 42.9 Å². The fourth-order valence-electron chi connectivity index (χ4n) is 3.91. The Morgan fingerprint density at radius 1 is 0.811 bits per heavy atom. The van der Waals surface area contributed by atoms with Gasteiger partial charge >= 0.3 is 23.9 Å². The summed E-state index contributed by atoms with van der Waals surface area (Å²) in [5.41, 5.74) is 0.682. The van der Waals surface area contributed by atoms with Gasteiger partial charge in [-0.1, -0.05) is 30.3 Å². The summed E-state index contributed by atoms with van der Waals surface area (Å²) in [4.78, 5) is 47.2. The van der Waals surface area contributed by atoms with E-state index in [0.29, 0.717) is 5.69 Å². The van der Waals surface area contributed by atoms with Gasteiger partial charge in [0.05, 0.1) is 0 Å². The molecular formula is C25H28N2O9S. The second-order valence-electron chi connectivity index (χ2n) is 8.28. The van der Waals surface area contributed by atoms with E-state index in [0.717, 1.165) is 24.6 Å². The Morgan fingerprint density at radius 3 is 2.03 bits per heavy atom. The van der Waals surface area contributed by atoms with Gasteiger partial charge in [0.25, 0.3) is 0 Å². The molecule has 5 atom stereocenters. The number of carbonyl (C=O) groups is 4. The molecule has 0 bridgehead atoms. The van der Waals surface area contributed by atoms with E-state index in [1.807, 2.05) is 42.5 Å². The molecule has 1 heterocycles. The molecule has 37 heavy (non-hydrogen) atoms. The van der Waals surface area contributed by atoms with E-state index in [4.69, 9.17) is 35.9 Å². The van der Waals surface area contributed by atoms with Crippen molar-refractivity contribution in [1.29, 1.82) is 0 Å². The second-order valence-corrected chi connectivity index (χ2v) is 8.69. The summed E-state index contributed by atoms with van der Waals surface area (Å²) in [5.74, 6) is -2.73.